The van der Waals surface area contributed by atoms with Gasteiger partial charge >= 0.3 is 0 Å². The van der Waals surface area contributed by atoms with E-state index in [9.17, 15) is 4.79 Å². The Kier molecular flexibility index (Phi) is 6.53. The zero-order chi connectivity index (χ0) is 14.3. The van der Waals surface area contributed by atoms with Crippen molar-refractivity contribution >= 4 is 5.91 Å². The number of methoxy groups -OCH3 is 1. The lowest BCUT2D eigenvalue weighted by Gasteiger charge is -2.13. The number of hydrogen-bond acceptors (Lipinski definition) is 3. The minimum absolute atomic E-state index is 0.0106. The van der Waals surface area contributed by atoms with Gasteiger partial charge in [0.15, 0.2) is 0 Å². The van der Waals surface area contributed by atoms with Crippen molar-refractivity contribution in [3.8, 4) is 0 Å². The molecule has 3 N–H and O–H groups in total. The van der Waals surface area contributed by atoms with Gasteiger partial charge in [-0.05, 0) is 37.0 Å². The van der Waals surface area contributed by atoms with Crippen molar-refractivity contribution in [2.45, 2.75) is 32.8 Å². The first kappa shape index (κ1) is 15.7. The molecule has 1 atom stereocenters. The zero-order valence-electron chi connectivity index (χ0n) is 12.0. The van der Waals surface area contributed by atoms with Crippen molar-refractivity contribution in [2.24, 2.45) is 5.73 Å². The monoisotopic (exact) mass is 264 g/mol. The fourth-order valence-corrected chi connectivity index (χ4v) is 2.11. The van der Waals surface area contributed by atoms with E-state index in [0.717, 1.165) is 6.42 Å². The molecule has 0 bridgehead atoms. The maximum absolute atomic E-state index is 11.7. The average Bonchev–Trinajstić information content (AvgIpc) is 2.39. The molecule has 19 heavy (non-hydrogen) atoms. The quantitative estimate of drug-likeness (QED) is 0.781. The van der Waals surface area contributed by atoms with Crippen molar-refractivity contribution < 1.29 is 9.53 Å². The molecule has 0 aliphatic heterocycles. The summed E-state index contributed by atoms with van der Waals surface area (Å²) in [6.07, 6.45) is 0.977. The van der Waals surface area contributed by atoms with Gasteiger partial charge in [-0.2, -0.15) is 0 Å². The SMILES string of the molecule is COC(CN)CC(=O)NCCc1c(C)cccc1C. The number of rotatable bonds is 7. The lowest BCUT2D eigenvalue weighted by molar-refractivity contribution is -0.123. The molecule has 0 fully saturated rings. The summed E-state index contributed by atoms with van der Waals surface area (Å²) in [6.45, 7) is 5.20. The summed E-state index contributed by atoms with van der Waals surface area (Å²) < 4.78 is 5.09. The summed E-state index contributed by atoms with van der Waals surface area (Å²) in [5.41, 5.74) is 9.33. The normalized spacial score (nSPS) is 12.2. The van der Waals surface area contributed by atoms with Gasteiger partial charge in [-0.1, -0.05) is 18.2 Å². The first-order valence-electron chi connectivity index (χ1n) is 6.63. The molecule has 4 heteroatoms. The van der Waals surface area contributed by atoms with Gasteiger partial charge in [0, 0.05) is 20.2 Å². The molecule has 1 amide bonds. The van der Waals surface area contributed by atoms with Gasteiger partial charge in [0.25, 0.3) is 0 Å². The average molecular weight is 264 g/mol. The van der Waals surface area contributed by atoms with E-state index >= 15 is 0 Å². The molecular weight excluding hydrogens is 240 g/mol. The number of benzene rings is 1. The minimum atomic E-state index is -0.194. The van der Waals surface area contributed by atoms with Crippen molar-refractivity contribution in [3.05, 3.63) is 34.9 Å². The van der Waals surface area contributed by atoms with Crippen LogP contribution in [0.2, 0.25) is 0 Å². The van der Waals surface area contributed by atoms with Crippen LogP contribution in [0.25, 0.3) is 0 Å². The fourth-order valence-electron chi connectivity index (χ4n) is 2.11. The highest BCUT2D eigenvalue weighted by atomic mass is 16.5. The van der Waals surface area contributed by atoms with E-state index in [1.807, 2.05) is 0 Å². The molecular formula is C15H24N2O2. The second kappa shape index (κ2) is 7.92. The third-order valence-corrected chi connectivity index (χ3v) is 3.35. The summed E-state index contributed by atoms with van der Waals surface area (Å²) in [4.78, 5) is 11.7. The van der Waals surface area contributed by atoms with E-state index in [-0.39, 0.29) is 12.0 Å². The smallest absolute Gasteiger partial charge is 0.222 e. The van der Waals surface area contributed by atoms with E-state index in [0.29, 0.717) is 19.5 Å². The predicted molar refractivity (Wildman–Crippen MR) is 77.1 cm³/mol. The summed E-state index contributed by atoms with van der Waals surface area (Å²) >= 11 is 0. The number of ether oxygens (including phenoxy) is 1. The largest absolute Gasteiger partial charge is 0.380 e. The van der Waals surface area contributed by atoms with E-state index < -0.39 is 0 Å². The van der Waals surface area contributed by atoms with Gasteiger partial charge < -0.3 is 15.8 Å². The Hall–Kier alpha value is -1.39. The number of carbonyl (C=O) groups excluding carboxylic acids is 1. The zero-order valence-corrected chi connectivity index (χ0v) is 12.0. The minimum Gasteiger partial charge on any atom is -0.380 e. The maximum atomic E-state index is 11.7. The van der Waals surface area contributed by atoms with Crippen LogP contribution in [0, 0.1) is 13.8 Å². The van der Waals surface area contributed by atoms with Gasteiger partial charge in [-0.3, -0.25) is 4.79 Å². The summed E-state index contributed by atoms with van der Waals surface area (Å²) in [5.74, 6) is -0.0106. The third kappa shape index (κ3) is 5.01. The summed E-state index contributed by atoms with van der Waals surface area (Å²) in [7, 11) is 1.57. The third-order valence-electron chi connectivity index (χ3n) is 3.35. The van der Waals surface area contributed by atoms with Crippen LogP contribution in [0.15, 0.2) is 18.2 Å². The van der Waals surface area contributed by atoms with Crippen LogP contribution in [0.4, 0.5) is 0 Å². The Labute approximate surface area is 115 Å². The number of nitrogens with two attached hydrogens (primary N) is 1. The number of carbonyl (C=O) groups is 1. The number of aryl methyl sites for hydroxylation is 2. The molecule has 1 aromatic carbocycles. The lowest BCUT2D eigenvalue weighted by atomic mass is 10.0. The van der Waals surface area contributed by atoms with Gasteiger partial charge in [-0.25, -0.2) is 0 Å². The highest BCUT2D eigenvalue weighted by Gasteiger charge is 2.11. The Morgan fingerprint density at radius 3 is 2.53 bits per heavy atom. The van der Waals surface area contributed by atoms with Crippen LogP contribution in [0.5, 0.6) is 0 Å². The second-order valence-corrected chi connectivity index (χ2v) is 4.77. The summed E-state index contributed by atoms with van der Waals surface area (Å²) in [6, 6.07) is 6.25. The number of hydrogen-bond donors (Lipinski definition) is 2. The van der Waals surface area contributed by atoms with Crippen molar-refractivity contribution in [3.63, 3.8) is 0 Å². The highest BCUT2D eigenvalue weighted by Crippen LogP contribution is 2.13. The Morgan fingerprint density at radius 2 is 2.00 bits per heavy atom. The van der Waals surface area contributed by atoms with E-state index in [1.165, 1.54) is 16.7 Å². The molecule has 0 spiro atoms. The summed E-state index contributed by atoms with van der Waals surface area (Å²) in [5, 5.41) is 2.91. The van der Waals surface area contributed by atoms with Crippen LogP contribution in [0.3, 0.4) is 0 Å². The Bertz CT molecular complexity index is 394. The van der Waals surface area contributed by atoms with Crippen LogP contribution >= 0.6 is 0 Å². The van der Waals surface area contributed by atoms with Gasteiger partial charge in [0.05, 0.1) is 12.5 Å². The van der Waals surface area contributed by atoms with Crippen LogP contribution in [0.1, 0.15) is 23.1 Å². The van der Waals surface area contributed by atoms with Crippen LogP contribution in [-0.4, -0.2) is 32.2 Å². The molecule has 1 rings (SSSR count). The topological polar surface area (TPSA) is 64.3 Å². The predicted octanol–water partition coefficient (Wildman–Crippen LogP) is 1.33. The van der Waals surface area contributed by atoms with Crippen molar-refractivity contribution in [1.82, 2.24) is 5.32 Å². The molecule has 0 saturated carbocycles. The molecule has 1 aromatic rings. The molecule has 0 heterocycles. The van der Waals surface area contributed by atoms with Crippen LogP contribution in [-0.2, 0) is 16.0 Å². The molecule has 4 nitrogen and oxygen atoms in total. The second-order valence-electron chi connectivity index (χ2n) is 4.77. The van der Waals surface area contributed by atoms with Gasteiger partial charge in [0.1, 0.15) is 0 Å². The van der Waals surface area contributed by atoms with Gasteiger partial charge in [0.2, 0.25) is 5.91 Å². The Balaban J connectivity index is 2.40. The Morgan fingerprint density at radius 1 is 1.37 bits per heavy atom. The van der Waals surface area contributed by atoms with Crippen LogP contribution < -0.4 is 11.1 Å². The molecule has 0 radical (unpaired) electrons. The molecule has 1 unspecified atom stereocenters. The van der Waals surface area contributed by atoms with E-state index in [4.69, 9.17) is 10.5 Å². The molecule has 0 aliphatic carbocycles. The first-order chi connectivity index (χ1) is 9.08. The lowest BCUT2D eigenvalue weighted by Crippen LogP contribution is -2.33. The molecule has 0 saturated heterocycles. The van der Waals surface area contributed by atoms with E-state index in [2.05, 4.69) is 37.4 Å². The number of nitrogens with one attached hydrogen (secondary N) is 1. The van der Waals surface area contributed by atoms with Gasteiger partial charge in [-0.15, -0.1) is 0 Å². The standard InChI is InChI=1S/C15H24N2O2/c1-11-5-4-6-12(2)14(11)7-8-17-15(18)9-13(10-16)19-3/h4-6,13H,7-10,16H2,1-3H3,(H,17,18). The highest BCUT2D eigenvalue weighted by molar-refractivity contribution is 5.76. The molecule has 0 aliphatic rings. The first-order valence-corrected chi connectivity index (χ1v) is 6.63. The van der Waals surface area contributed by atoms with Crippen molar-refractivity contribution in [1.29, 1.82) is 0 Å². The van der Waals surface area contributed by atoms with Crippen molar-refractivity contribution in [2.75, 3.05) is 20.2 Å². The maximum Gasteiger partial charge on any atom is 0.222 e. The fraction of sp³-hybridized carbons (Fsp3) is 0.533. The number of amides is 1. The van der Waals surface area contributed by atoms with E-state index in [1.54, 1.807) is 7.11 Å². The molecule has 106 valence electrons. The molecule has 0 aromatic heterocycles.